The number of benzene rings is 2. The molecule has 1 N–H and O–H groups in total. The van der Waals surface area contributed by atoms with E-state index >= 15 is 0 Å². The number of amides is 2. The van der Waals surface area contributed by atoms with Crippen LogP contribution in [0.1, 0.15) is 50.7 Å². The predicted molar refractivity (Wildman–Crippen MR) is 139 cm³/mol. The molecule has 2 aromatic carbocycles. The van der Waals surface area contributed by atoms with Crippen LogP contribution in [0, 0.1) is 11.6 Å². The third kappa shape index (κ3) is 5.73. The number of hydrogen-bond donors (Lipinski definition) is 1. The van der Waals surface area contributed by atoms with E-state index in [0.717, 1.165) is 17.2 Å². The van der Waals surface area contributed by atoms with Gasteiger partial charge in [-0.2, -0.15) is 5.10 Å². The SMILES string of the molecule is O=C(Nc1cnn(C2CCN(C(=O)c3ccc(Cc4ccc(F)cc4)cc3)CC2)c1)c1c(F)ccnc1Cl. The van der Waals surface area contributed by atoms with Crippen LogP contribution in [-0.2, 0) is 6.42 Å². The minimum absolute atomic E-state index is 0.0272. The topological polar surface area (TPSA) is 80.1 Å². The monoisotopic (exact) mass is 535 g/mol. The highest BCUT2D eigenvalue weighted by Crippen LogP contribution is 2.25. The second-order valence-corrected chi connectivity index (χ2v) is 9.50. The number of pyridine rings is 1. The van der Waals surface area contributed by atoms with Crippen molar-refractivity contribution in [3.8, 4) is 0 Å². The summed E-state index contributed by atoms with van der Waals surface area (Å²) in [5.41, 5.74) is 2.76. The Morgan fingerprint density at radius 1 is 0.974 bits per heavy atom. The lowest BCUT2D eigenvalue weighted by Gasteiger charge is -2.32. The number of anilines is 1. The predicted octanol–water partition coefficient (Wildman–Crippen LogP) is 5.53. The van der Waals surface area contributed by atoms with Crippen LogP contribution in [0.25, 0.3) is 0 Å². The van der Waals surface area contributed by atoms with Gasteiger partial charge in [0.05, 0.1) is 17.9 Å². The normalized spacial score (nSPS) is 13.9. The fraction of sp³-hybridized carbons (Fsp3) is 0.214. The molecule has 2 amide bonds. The van der Waals surface area contributed by atoms with Gasteiger partial charge in [0.1, 0.15) is 22.4 Å². The third-order valence-corrected chi connectivity index (χ3v) is 6.88. The highest BCUT2D eigenvalue weighted by atomic mass is 35.5. The average molecular weight is 536 g/mol. The molecule has 0 radical (unpaired) electrons. The average Bonchev–Trinajstić information content (AvgIpc) is 3.38. The molecule has 3 heterocycles. The van der Waals surface area contributed by atoms with Crippen LogP contribution in [0.4, 0.5) is 14.5 Å². The fourth-order valence-electron chi connectivity index (χ4n) is 4.53. The molecule has 10 heteroatoms. The summed E-state index contributed by atoms with van der Waals surface area (Å²) in [4.78, 5) is 31.1. The Kier molecular flexibility index (Phi) is 7.46. The van der Waals surface area contributed by atoms with E-state index in [-0.39, 0.29) is 28.5 Å². The van der Waals surface area contributed by atoms with Crippen LogP contribution in [0.5, 0.6) is 0 Å². The van der Waals surface area contributed by atoms with Crippen molar-refractivity contribution in [3.63, 3.8) is 0 Å². The molecular weight excluding hydrogens is 512 g/mol. The smallest absolute Gasteiger partial charge is 0.261 e. The molecule has 0 aliphatic carbocycles. The van der Waals surface area contributed by atoms with Crippen LogP contribution in [-0.4, -0.2) is 44.6 Å². The first-order valence-electron chi connectivity index (χ1n) is 12.2. The van der Waals surface area contributed by atoms with E-state index in [0.29, 0.717) is 43.6 Å². The maximum absolute atomic E-state index is 14.0. The summed E-state index contributed by atoms with van der Waals surface area (Å²) in [7, 11) is 0. The molecule has 0 spiro atoms. The molecule has 0 saturated carbocycles. The molecule has 1 fully saturated rings. The second kappa shape index (κ2) is 11.1. The molecule has 1 aliphatic heterocycles. The Balaban J connectivity index is 1.15. The van der Waals surface area contributed by atoms with Crippen LogP contribution in [0.3, 0.4) is 0 Å². The Morgan fingerprint density at radius 2 is 1.63 bits per heavy atom. The van der Waals surface area contributed by atoms with Crippen molar-refractivity contribution in [2.75, 3.05) is 18.4 Å². The van der Waals surface area contributed by atoms with Gasteiger partial charge >= 0.3 is 0 Å². The van der Waals surface area contributed by atoms with Crippen molar-refractivity contribution in [1.82, 2.24) is 19.7 Å². The van der Waals surface area contributed by atoms with E-state index in [1.165, 1.54) is 24.5 Å². The number of nitrogens with one attached hydrogen (secondary N) is 1. The first-order valence-corrected chi connectivity index (χ1v) is 12.5. The fourth-order valence-corrected chi connectivity index (χ4v) is 4.76. The highest BCUT2D eigenvalue weighted by Gasteiger charge is 2.25. The summed E-state index contributed by atoms with van der Waals surface area (Å²) in [5.74, 6) is -1.75. The first-order chi connectivity index (χ1) is 18.4. The van der Waals surface area contributed by atoms with Crippen molar-refractivity contribution in [3.05, 3.63) is 112 Å². The lowest BCUT2D eigenvalue weighted by Crippen LogP contribution is -2.39. The molecule has 1 aliphatic rings. The van der Waals surface area contributed by atoms with E-state index in [1.807, 2.05) is 29.2 Å². The van der Waals surface area contributed by atoms with Gasteiger partial charge in [-0.3, -0.25) is 14.3 Å². The Morgan fingerprint density at radius 3 is 2.29 bits per heavy atom. The zero-order valence-corrected chi connectivity index (χ0v) is 21.0. The van der Waals surface area contributed by atoms with Crippen LogP contribution < -0.4 is 5.32 Å². The van der Waals surface area contributed by atoms with Crippen molar-refractivity contribution in [1.29, 1.82) is 0 Å². The number of aromatic nitrogens is 3. The van der Waals surface area contributed by atoms with Gasteiger partial charge in [0, 0.05) is 31.0 Å². The molecule has 0 atom stereocenters. The van der Waals surface area contributed by atoms with Gasteiger partial charge < -0.3 is 10.2 Å². The molecule has 7 nitrogen and oxygen atoms in total. The van der Waals surface area contributed by atoms with E-state index in [1.54, 1.807) is 23.0 Å². The van der Waals surface area contributed by atoms with Crippen molar-refractivity contribution in [2.24, 2.45) is 0 Å². The summed E-state index contributed by atoms with van der Waals surface area (Å²) < 4.78 is 28.9. The van der Waals surface area contributed by atoms with E-state index in [9.17, 15) is 18.4 Å². The van der Waals surface area contributed by atoms with E-state index in [2.05, 4.69) is 15.4 Å². The van der Waals surface area contributed by atoms with Gasteiger partial charge in [-0.15, -0.1) is 0 Å². The van der Waals surface area contributed by atoms with Crippen LogP contribution in [0.2, 0.25) is 5.15 Å². The van der Waals surface area contributed by atoms with Crippen LogP contribution >= 0.6 is 11.6 Å². The molecule has 1 saturated heterocycles. The minimum Gasteiger partial charge on any atom is -0.338 e. The van der Waals surface area contributed by atoms with Gasteiger partial charge in [0.2, 0.25) is 0 Å². The van der Waals surface area contributed by atoms with Gasteiger partial charge in [-0.25, -0.2) is 13.8 Å². The third-order valence-electron chi connectivity index (χ3n) is 6.59. The number of carbonyl (C=O) groups is 2. The largest absolute Gasteiger partial charge is 0.338 e. The van der Waals surface area contributed by atoms with Crippen molar-refractivity contribution >= 4 is 29.1 Å². The number of hydrogen-bond acceptors (Lipinski definition) is 4. The highest BCUT2D eigenvalue weighted by molar-refractivity contribution is 6.33. The summed E-state index contributed by atoms with van der Waals surface area (Å²) in [6, 6.07) is 15.0. The zero-order valence-electron chi connectivity index (χ0n) is 20.3. The Labute approximate surface area is 223 Å². The summed E-state index contributed by atoms with van der Waals surface area (Å²) in [5, 5.41) is 6.73. The quantitative estimate of drug-likeness (QED) is 0.329. The molecular formula is C28H24ClF2N5O2. The summed E-state index contributed by atoms with van der Waals surface area (Å²) in [6.07, 6.45) is 6.43. The molecule has 4 aromatic rings. The van der Waals surface area contributed by atoms with Gasteiger partial charge in [-0.05, 0) is 60.7 Å². The minimum atomic E-state index is -0.755. The van der Waals surface area contributed by atoms with Gasteiger partial charge in [-0.1, -0.05) is 35.9 Å². The first kappa shape index (κ1) is 25.5. The second-order valence-electron chi connectivity index (χ2n) is 9.15. The lowest BCUT2D eigenvalue weighted by atomic mass is 10.0. The van der Waals surface area contributed by atoms with Crippen molar-refractivity contribution in [2.45, 2.75) is 25.3 Å². The molecule has 38 heavy (non-hydrogen) atoms. The maximum atomic E-state index is 14.0. The standard InChI is InChI=1S/C28H24ClF2N5O2/c29-26-25(24(31)9-12-32-26)27(37)34-22-16-33-36(17-22)23-10-13-35(14-11-23)28(38)20-5-1-18(2-6-20)15-19-3-7-21(30)8-4-19/h1-9,12,16-17,23H,10-11,13-15H2,(H,34,37). The maximum Gasteiger partial charge on any atom is 0.261 e. The van der Waals surface area contributed by atoms with E-state index < -0.39 is 11.7 Å². The number of halogens is 3. The molecule has 5 rings (SSSR count). The summed E-state index contributed by atoms with van der Waals surface area (Å²) in [6.45, 7) is 1.14. The van der Waals surface area contributed by atoms with Crippen molar-refractivity contribution < 1.29 is 18.4 Å². The molecule has 194 valence electrons. The van der Waals surface area contributed by atoms with Crippen LogP contribution in [0.15, 0.2) is 73.2 Å². The van der Waals surface area contributed by atoms with E-state index in [4.69, 9.17) is 11.6 Å². The van der Waals surface area contributed by atoms with Gasteiger partial charge in [0.25, 0.3) is 11.8 Å². The molecule has 0 unspecified atom stereocenters. The number of carbonyl (C=O) groups excluding carboxylic acids is 2. The number of likely N-dealkylation sites (tertiary alicyclic amines) is 1. The lowest BCUT2D eigenvalue weighted by molar-refractivity contribution is 0.0689. The number of piperidine rings is 1. The Bertz CT molecular complexity index is 1430. The zero-order chi connectivity index (χ0) is 26.6. The molecule has 0 bridgehead atoms. The summed E-state index contributed by atoms with van der Waals surface area (Å²) >= 11 is 5.87. The molecule has 2 aromatic heterocycles. The number of rotatable bonds is 6. The Hall–Kier alpha value is -4.11. The number of nitrogens with zero attached hydrogens (tertiary/aromatic N) is 4. The van der Waals surface area contributed by atoms with Gasteiger partial charge in [0.15, 0.2) is 0 Å².